The van der Waals surface area contributed by atoms with Gasteiger partial charge >= 0.3 is 5.97 Å². The van der Waals surface area contributed by atoms with Gasteiger partial charge in [-0.1, -0.05) is 29.3 Å². The molecule has 0 saturated carbocycles. The number of benzene rings is 1. The molecule has 0 amide bonds. The van der Waals surface area contributed by atoms with E-state index in [1.54, 1.807) is 18.3 Å². The van der Waals surface area contributed by atoms with E-state index in [2.05, 4.69) is 25.9 Å². The van der Waals surface area contributed by atoms with Crippen LogP contribution in [-0.4, -0.2) is 25.6 Å². The van der Waals surface area contributed by atoms with Crippen LogP contribution in [0.3, 0.4) is 0 Å². The van der Waals surface area contributed by atoms with Gasteiger partial charge in [0.05, 0.1) is 5.69 Å². The molecule has 1 atom stereocenters. The Morgan fingerprint density at radius 3 is 2.48 bits per heavy atom. The number of hydrogen-bond donors (Lipinski definition) is 1. The minimum absolute atomic E-state index is 0.00222. The highest BCUT2D eigenvalue weighted by Gasteiger charge is 2.31. The predicted molar refractivity (Wildman–Crippen MR) is 118 cm³/mol. The Kier molecular flexibility index (Phi) is 6.66. The van der Waals surface area contributed by atoms with E-state index >= 15 is 0 Å². The van der Waals surface area contributed by atoms with Gasteiger partial charge in [0.25, 0.3) is 0 Å². The van der Waals surface area contributed by atoms with E-state index in [4.69, 9.17) is 23.2 Å². The van der Waals surface area contributed by atoms with Gasteiger partial charge in [0, 0.05) is 40.3 Å². The van der Waals surface area contributed by atoms with Crippen LogP contribution in [0.5, 0.6) is 0 Å². The Labute approximate surface area is 187 Å². The summed E-state index contributed by atoms with van der Waals surface area (Å²) in [6, 6.07) is 9.14. The lowest BCUT2D eigenvalue weighted by Crippen LogP contribution is -2.18. The summed E-state index contributed by atoms with van der Waals surface area (Å²) in [5, 5.41) is 11.1. The van der Waals surface area contributed by atoms with E-state index in [1.807, 2.05) is 43.5 Å². The van der Waals surface area contributed by atoms with E-state index in [0.717, 1.165) is 16.8 Å². The number of rotatable bonds is 6. The van der Waals surface area contributed by atoms with Crippen LogP contribution >= 0.6 is 39.1 Å². The highest BCUT2D eigenvalue weighted by molar-refractivity contribution is 9.10. The fraction of sp³-hybridized carbons (Fsp3) is 0.286. The first-order chi connectivity index (χ1) is 13.7. The van der Waals surface area contributed by atoms with Gasteiger partial charge in [0.2, 0.25) is 0 Å². The summed E-state index contributed by atoms with van der Waals surface area (Å²) in [5.41, 5.74) is 3.33. The average Bonchev–Trinajstić information content (AvgIpc) is 2.98. The van der Waals surface area contributed by atoms with Crippen LogP contribution in [-0.2, 0) is 6.42 Å². The van der Waals surface area contributed by atoms with Crippen LogP contribution in [0.25, 0.3) is 0 Å². The Balaban J connectivity index is 2.27. The summed E-state index contributed by atoms with van der Waals surface area (Å²) in [4.78, 5) is 20.8. The highest BCUT2D eigenvalue weighted by atomic mass is 79.9. The zero-order valence-electron chi connectivity index (χ0n) is 16.2. The minimum Gasteiger partial charge on any atom is -0.476 e. The first-order valence-electron chi connectivity index (χ1n) is 9.06. The molecule has 5 nitrogen and oxygen atoms in total. The molecule has 1 aromatic carbocycles. The third-order valence-corrected chi connectivity index (χ3v) is 5.78. The Morgan fingerprint density at radius 2 is 1.90 bits per heavy atom. The molecule has 0 saturated heterocycles. The topological polar surface area (TPSA) is 68.0 Å². The lowest BCUT2D eigenvalue weighted by molar-refractivity contribution is 0.0689. The van der Waals surface area contributed by atoms with Crippen molar-refractivity contribution in [3.63, 3.8) is 0 Å². The molecule has 0 aliphatic carbocycles. The monoisotopic (exact) mass is 495 g/mol. The maximum Gasteiger partial charge on any atom is 0.356 e. The lowest BCUT2D eigenvalue weighted by atomic mass is 9.86. The number of carboxylic acid groups (broad SMARTS) is 1. The second-order valence-corrected chi connectivity index (χ2v) is 8.69. The molecule has 1 unspecified atom stereocenters. The zero-order chi connectivity index (χ0) is 21.3. The number of nitrogens with zero attached hydrogens (tertiary/aromatic N) is 3. The molecule has 0 aliphatic heterocycles. The molecule has 0 spiro atoms. The third kappa shape index (κ3) is 4.65. The van der Waals surface area contributed by atoms with E-state index in [9.17, 15) is 9.90 Å². The molecule has 8 heteroatoms. The van der Waals surface area contributed by atoms with Crippen molar-refractivity contribution in [2.75, 3.05) is 0 Å². The van der Waals surface area contributed by atoms with Crippen LogP contribution in [0, 0.1) is 6.92 Å². The predicted octanol–water partition coefficient (Wildman–Crippen LogP) is 6.31. The Bertz CT molecular complexity index is 1070. The van der Waals surface area contributed by atoms with Crippen LogP contribution in [0.15, 0.2) is 41.3 Å². The van der Waals surface area contributed by atoms with Gasteiger partial charge in [0.1, 0.15) is 0 Å². The maximum absolute atomic E-state index is 12.0. The Morgan fingerprint density at radius 1 is 1.21 bits per heavy atom. The van der Waals surface area contributed by atoms with Crippen LogP contribution in [0.4, 0.5) is 0 Å². The van der Waals surface area contributed by atoms with Crippen molar-refractivity contribution in [1.29, 1.82) is 0 Å². The van der Waals surface area contributed by atoms with Gasteiger partial charge in [-0.2, -0.15) is 0 Å². The second-order valence-electron chi connectivity index (χ2n) is 7.11. The van der Waals surface area contributed by atoms with E-state index < -0.39 is 5.97 Å². The smallest absolute Gasteiger partial charge is 0.356 e. The molecule has 2 heterocycles. The van der Waals surface area contributed by atoms with Gasteiger partial charge < -0.3 is 9.67 Å². The Hall–Kier alpha value is -1.89. The number of carboxylic acids is 1. The van der Waals surface area contributed by atoms with Crippen LogP contribution in [0.1, 0.15) is 58.8 Å². The minimum atomic E-state index is -1.07. The first-order valence-corrected chi connectivity index (χ1v) is 10.6. The zero-order valence-corrected chi connectivity index (χ0v) is 19.3. The largest absolute Gasteiger partial charge is 0.476 e. The normalized spacial score (nSPS) is 12.4. The molecular formula is C21H20BrCl2N3O2. The summed E-state index contributed by atoms with van der Waals surface area (Å²) in [6.07, 6.45) is 2.12. The highest BCUT2D eigenvalue weighted by Crippen LogP contribution is 2.37. The van der Waals surface area contributed by atoms with Gasteiger partial charge in [0.15, 0.2) is 10.4 Å². The molecule has 0 fully saturated rings. The van der Waals surface area contributed by atoms with Gasteiger partial charge in [-0.15, -0.1) is 0 Å². The molecule has 2 aromatic heterocycles. The summed E-state index contributed by atoms with van der Waals surface area (Å²) in [5.74, 6) is -1.37. The molecule has 152 valence electrons. The summed E-state index contributed by atoms with van der Waals surface area (Å²) >= 11 is 15.8. The number of halogens is 3. The average molecular weight is 497 g/mol. The quantitative estimate of drug-likeness (QED) is 0.434. The number of carbonyl (C=O) groups is 1. The van der Waals surface area contributed by atoms with Crippen molar-refractivity contribution in [2.45, 2.75) is 39.2 Å². The maximum atomic E-state index is 12.0. The van der Waals surface area contributed by atoms with E-state index in [-0.39, 0.29) is 17.7 Å². The van der Waals surface area contributed by atoms with Crippen molar-refractivity contribution in [3.05, 3.63) is 79.5 Å². The van der Waals surface area contributed by atoms with Gasteiger partial charge in [-0.25, -0.2) is 9.78 Å². The number of pyridine rings is 1. The molecule has 1 N–H and O–H groups in total. The number of aromatic carboxylic acids is 1. The third-order valence-electron chi connectivity index (χ3n) is 4.75. The molecular weight excluding hydrogens is 477 g/mol. The molecule has 0 radical (unpaired) electrons. The summed E-state index contributed by atoms with van der Waals surface area (Å²) in [7, 11) is 0. The second kappa shape index (κ2) is 8.86. The van der Waals surface area contributed by atoms with Crippen LogP contribution < -0.4 is 0 Å². The number of hydrogen-bond acceptors (Lipinski definition) is 3. The number of imidazole rings is 1. The molecule has 3 aromatic rings. The van der Waals surface area contributed by atoms with Crippen molar-refractivity contribution >= 4 is 45.1 Å². The number of aryl methyl sites for hydroxylation is 1. The summed E-state index contributed by atoms with van der Waals surface area (Å²) < 4.78 is 2.39. The molecule has 0 aliphatic rings. The van der Waals surface area contributed by atoms with Crippen molar-refractivity contribution in [3.8, 4) is 0 Å². The van der Waals surface area contributed by atoms with Crippen molar-refractivity contribution in [1.82, 2.24) is 14.5 Å². The van der Waals surface area contributed by atoms with E-state index in [1.165, 1.54) is 0 Å². The standard InChI is InChI=1S/C21H20BrCl2N3O2/c1-11(2)27-19(18(20(28)29)26-21(27)22)17(10-15-9-14(24)6-7-25-15)16-5-4-13(23)8-12(16)3/h4-9,11,17H,10H2,1-3H3,(H,28,29). The van der Waals surface area contributed by atoms with Gasteiger partial charge in [-0.05, 0) is 72.1 Å². The van der Waals surface area contributed by atoms with E-state index in [0.29, 0.717) is 26.9 Å². The number of aromatic nitrogens is 3. The fourth-order valence-corrected chi connectivity index (χ4v) is 4.74. The lowest BCUT2D eigenvalue weighted by Gasteiger charge is -2.24. The molecule has 29 heavy (non-hydrogen) atoms. The molecule has 0 bridgehead atoms. The van der Waals surface area contributed by atoms with Crippen molar-refractivity contribution < 1.29 is 9.90 Å². The summed E-state index contributed by atoms with van der Waals surface area (Å²) in [6.45, 7) is 5.95. The van der Waals surface area contributed by atoms with Crippen LogP contribution in [0.2, 0.25) is 10.0 Å². The van der Waals surface area contributed by atoms with Crippen molar-refractivity contribution in [2.24, 2.45) is 0 Å². The van der Waals surface area contributed by atoms with Gasteiger partial charge in [-0.3, -0.25) is 4.98 Å². The SMILES string of the molecule is Cc1cc(Cl)ccc1C(Cc1cc(Cl)ccn1)c1c(C(=O)O)nc(Br)n1C(C)C. The first kappa shape index (κ1) is 21.8. The fourth-order valence-electron chi connectivity index (χ4n) is 3.55. The molecule has 3 rings (SSSR count).